The number of carbonyl (C=O) groups excluding carboxylic acids is 1. The van der Waals surface area contributed by atoms with E-state index in [2.05, 4.69) is 48.6 Å². The fourth-order valence-corrected chi connectivity index (χ4v) is 3.76. The molecule has 124 valence electrons. The molecule has 0 spiro atoms. The Hall–Kier alpha value is -1.84. The maximum absolute atomic E-state index is 12.9. The van der Waals surface area contributed by atoms with Gasteiger partial charge in [-0.15, -0.1) is 0 Å². The molecule has 1 aromatic heterocycles. The zero-order valence-corrected chi connectivity index (χ0v) is 14.6. The third-order valence-electron chi connectivity index (χ3n) is 5.31. The van der Waals surface area contributed by atoms with Crippen molar-refractivity contribution in [2.75, 3.05) is 31.1 Å². The summed E-state index contributed by atoms with van der Waals surface area (Å²) in [6.07, 6.45) is 5.92. The highest BCUT2D eigenvalue weighted by Gasteiger charge is 2.61. The van der Waals surface area contributed by atoms with Crippen molar-refractivity contribution < 1.29 is 4.79 Å². The predicted octanol–water partition coefficient (Wildman–Crippen LogP) is 2.97. The fourth-order valence-electron chi connectivity index (χ4n) is 3.76. The first-order valence-corrected chi connectivity index (χ1v) is 8.50. The molecule has 23 heavy (non-hydrogen) atoms. The van der Waals surface area contributed by atoms with Gasteiger partial charge in [0, 0.05) is 44.3 Å². The maximum atomic E-state index is 12.9. The average molecular weight is 313 g/mol. The molecule has 1 saturated heterocycles. The number of amides is 1. The summed E-state index contributed by atoms with van der Waals surface area (Å²) in [4.78, 5) is 21.3. The fraction of sp³-hybridized carbons (Fsp3) is 0.579. The van der Waals surface area contributed by atoms with E-state index < -0.39 is 0 Å². The van der Waals surface area contributed by atoms with Crippen molar-refractivity contribution in [2.45, 2.75) is 27.7 Å². The van der Waals surface area contributed by atoms with Crippen LogP contribution in [0.4, 0.5) is 5.69 Å². The molecule has 0 radical (unpaired) electrons. The third kappa shape index (κ3) is 3.12. The second kappa shape index (κ2) is 5.99. The number of nitrogens with zero attached hydrogens (tertiary/aromatic N) is 3. The van der Waals surface area contributed by atoms with E-state index in [1.54, 1.807) is 0 Å². The van der Waals surface area contributed by atoms with Crippen molar-refractivity contribution in [3.05, 3.63) is 36.2 Å². The summed E-state index contributed by atoms with van der Waals surface area (Å²) in [7, 11) is 0. The molecule has 3 rings (SSSR count). The van der Waals surface area contributed by atoms with E-state index in [9.17, 15) is 4.79 Å². The second-order valence-corrected chi connectivity index (χ2v) is 7.59. The molecule has 1 aliphatic heterocycles. The summed E-state index contributed by atoms with van der Waals surface area (Å²) >= 11 is 0. The minimum atomic E-state index is 0.108. The third-order valence-corrected chi connectivity index (χ3v) is 5.31. The van der Waals surface area contributed by atoms with Crippen LogP contribution in [-0.4, -0.2) is 42.0 Å². The molecule has 1 aromatic rings. The minimum Gasteiger partial charge on any atom is -0.368 e. The zero-order chi connectivity index (χ0) is 16.6. The highest BCUT2D eigenvalue weighted by atomic mass is 16.2. The summed E-state index contributed by atoms with van der Waals surface area (Å²) in [6.45, 7) is 12.1. The molecule has 2 atom stereocenters. The lowest BCUT2D eigenvalue weighted by Gasteiger charge is -2.36. The van der Waals surface area contributed by atoms with E-state index >= 15 is 0 Å². The largest absolute Gasteiger partial charge is 0.368 e. The molecular formula is C19H27N3O. The van der Waals surface area contributed by atoms with Crippen LogP contribution < -0.4 is 4.90 Å². The standard InChI is InChI=1S/C19H27N3O/c1-14(2)13-16-17(19(16,3)4)18(23)22-11-9-21(10-12-22)15-5-7-20-8-6-15/h5-8,13,16-17H,9-12H2,1-4H3. The van der Waals surface area contributed by atoms with E-state index in [1.165, 1.54) is 11.3 Å². The first kappa shape index (κ1) is 16.0. The van der Waals surface area contributed by atoms with Gasteiger partial charge in [-0.1, -0.05) is 25.5 Å². The number of anilines is 1. The van der Waals surface area contributed by atoms with E-state index in [-0.39, 0.29) is 11.3 Å². The molecule has 4 heteroatoms. The molecule has 1 amide bonds. The van der Waals surface area contributed by atoms with Gasteiger partial charge in [-0.05, 0) is 37.3 Å². The lowest BCUT2D eigenvalue weighted by Crippen LogP contribution is -2.49. The van der Waals surface area contributed by atoms with Gasteiger partial charge in [0.1, 0.15) is 0 Å². The van der Waals surface area contributed by atoms with Gasteiger partial charge in [0.2, 0.25) is 5.91 Å². The van der Waals surface area contributed by atoms with Crippen LogP contribution in [0, 0.1) is 17.3 Å². The Morgan fingerprint density at radius 2 is 1.78 bits per heavy atom. The number of pyridine rings is 1. The molecule has 4 nitrogen and oxygen atoms in total. The summed E-state index contributed by atoms with van der Waals surface area (Å²) in [5.74, 6) is 0.898. The molecule has 2 unspecified atom stereocenters. The van der Waals surface area contributed by atoms with Crippen molar-refractivity contribution >= 4 is 11.6 Å². The first-order valence-electron chi connectivity index (χ1n) is 8.50. The van der Waals surface area contributed by atoms with E-state index in [1.807, 2.05) is 24.5 Å². The summed E-state index contributed by atoms with van der Waals surface area (Å²) in [5.41, 5.74) is 2.61. The van der Waals surface area contributed by atoms with Crippen molar-refractivity contribution in [3.63, 3.8) is 0 Å². The monoisotopic (exact) mass is 313 g/mol. The molecule has 0 N–H and O–H groups in total. The SMILES string of the molecule is CC(C)=CC1C(C(=O)N2CCN(c3ccncc3)CC2)C1(C)C. The van der Waals surface area contributed by atoms with Gasteiger partial charge in [0.05, 0.1) is 5.92 Å². The molecular weight excluding hydrogens is 286 g/mol. The van der Waals surface area contributed by atoms with E-state index in [0.29, 0.717) is 11.8 Å². The first-order chi connectivity index (χ1) is 10.9. The van der Waals surface area contributed by atoms with Crippen LogP contribution in [0.1, 0.15) is 27.7 Å². The second-order valence-electron chi connectivity index (χ2n) is 7.59. The normalized spacial score (nSPS) is 25.9. The van der Waals surface area contributed by atoms with Gasteiger partial charge in [-0.2, -0.15) is 0 Å². The van der Waals surface area contributed by atoms with Crippen LogP contribution in [-0.2, 0) is 4.79 Å². The van der Waals surface area contributed by atoms with Gasteiger partial charge < -0.3 is 9.80 Å². The number of hydrogen-bond donors (Lipinski definition) is 0. The average Bonchev–Trinajstić information content (AvgIpc) is 3.07. The number of aromatic nitrogens is 1. The van der Waals surface area contributed by atoms with Crippen LogP contribution in [0.5, 0.6) is 0 Å². The molecule has 2 fully saturated rings. The molecule has 1 saturated carbocycles. The summed E-state index contributed by atoms with van der Waals surface area (Å²) < 4.78 is 0. The topological polar surface area (TPSA) is 36.4 Å². The number of hydrogen-bond acceptors (Lipinski definition) is 3. The highest BCUT2D eigenvalue weighted by Crippen LogP contribution is 2.60. The highest BCUT2D eigenvalue weighted by molar-refractivity contribution is 5.84. The Morgan fingerprint density at radius 1 is 1.17 bits per heavy atom. The number of carbonyl (C=O) groups is 1. The van der Waals surface area contributed by atoms with Crippen LogP contribution >= 0.6 is 0 Å². The lowest BCUT2D eigenvalue weighted by molar-refractivity contribution is -0.133. The van der Waals surface area contributed by atoms with Crippen molar-refractivity contribution in [3.8, 4) is 0 Å². The van der Waals surface area contributed by atoms with Crippen molar-refractivity contribution in [1.29, 1.82) is 0 Å². The van der Waals surface area contributed by atoms with Gasteiger partial charge >= 0.3 is 0 Å². The van der Waals surface area contributed by atoms with E-state index in [0.717, 1.165) is 26.2 Å². The smallest absolute Gasteiger partial charge is 0.226 e. The molecule has 2 aliphatic rings. The van der Waals surface area contributed by atoms with E-state index in [4.69, 9.17) is 0 Å². The number of allylic oxidation sites excluding steroid dienone is 2. The van der Waals surface area contributed by atoms with Crippen molar-refractivity contribution in [1.82, 2.24) is 9.88 Å². The summed E-state index contributed by atoms with van der Waals surface area (Å²) in [5, 5.41) is 0. The van der Waals surface area contributed by atoms with Gasteiger partial charge in [-0.3, -0.25) is 9.78 Å². The maximum Gasteiger partial charge on any atom is 0.226 e. The van der Waals surface area contributed by atoms with Gasteiger partial charge in [0.15, 0.2) is 0 Å². The lowest BCUT2D eigenvalue weighted by atomic mass is 10.1. The van der Waals surface area contributed by atoms with Crippen molar-refractivity contribution in [2.24, 2.45) is 17.3 Å². The molecule has 0 bridgehead atoms. The summed E-state index contributed by atoms with van der Waals surface area (Å²) in [6, 6.07) is 4.07. The Balaban J connectivity index is 1.60. The Kier molecular flexibility index (Phi) is 4.17. The number of piperazine rings is 1. The zero-order valence-electron chi connectivity index (χ0n) is 14.6. The number of rotatable bonds is 3. The Morgan fingerprint density at radius 3 is 2.35 bits per heavy atom. The van der Waals surface area contributed by atoms with Crippen LogP contribution in [0.2, 0.25) is 0 Å². The van der Waals surface area contributed by atoms with Crippen LogP contribution in [0.25, 0.3) is 0 Å². The minimum absolute atomic E-state index is 0.108. The van der Waals surface area contributed by atoms with Gasteiger partial charge in [-0.25, -0.2) is 0 Å². The molecule has 0 aromatic carbocycles. The quantitative estimate of drug-likeness (QED) is 0.805. The van der Waals surface area contributed by atoms with Crippen LogP contribution in [0.15, 0.2) is 36.2 Å². The Labute approximate surface area is 139 Å². The predicted molar refractivity (Wildman–Crippen MR) is 93.2 cm³/mol. The Bertz CT molecular complexity index is 596. The molecule has 1 aliphatic carbocycles. The van der Waals surface area contributed by atoms with Crippen LogP contribution in [0.3, 0.4) is 0 Å². The molecule has 2 heterocycles. The van der Waals surface area contributed by atoms with Gasteiger partial charge in [0.25, 0.3) is 0 Å².